The quantitative estimate of drug-likeness (QED) is 0.535. The molecule has 5 N–H and O–H groups in total. The molecule has 3 rings (SSSR count). The minimum absolute atomic E-state index is 0.0682. The van der Waals surface area contributed by atoms with Crippen molar-refractivity contribution in [1.29, 1.82) is 0 Å². The summed E-state index contributed by atoms with van der Waals surface area (Å²) >= 11 is 6.09. The molecule has 3 aromatic rings. The fourth-order valence-electron chi connectivity index (χ4n) is 2.76. The van der Waals surface area contributed by atoms with Crippen molar-refractivity contribution in [2.45, 2.75) is 12.6 Å². The molecule has 0 saturated carbocycles. The van der Waals surface area contributed by atoms with E-state index < -0.39 is 17.6 Å². The number of benzene rings is 2. The Morgan fingerprint density at radius 1 is 1.19 bits per heavy atom. The molecule has 0 aliphatic heterocycles. The molecule has 8 heteroatoms. The van der Waals surface area contributed by atoms with E-state index in [1.54, 1.807) is 36.4 Å². The minimum Gasteiger partial charge on any atom is -0.477 e. The lowest BCUT2D eigenvalue weighted by Crippen LogP contribution is -2.33. The highest BCUT2D eigenvalue weighted by Gasteiger charge is 2.17. The molecule has 7 nitrogen and oxygen atoms in total. The van der Waals surface area contributed by atoms with Crippen LogP contribution in [-0.2, 0) is 11.3 Å². The molecular weight excluding hydrogens is 370 g/mol. The first-order valence-corrected chi connectivity index (χ1v) is 8.41. The Balaban J connectivity index is 1.88. The van der Waals surface area contributed by atoms with Crippen LogP contribution in [0.25, 0.3) is 10.9 Å². The van der Waals surface area contributed by atoms with Crippen LogP contribution < -0.4 is 16.6 Å². The van der Waals surface area contributed by atoms with Crippen LogP contribution >= 0.6 is 11.6 Å². The molecule has 2 aromatic carbocycles. The molecule has 0 fully saturated rings. The van der Waals surface area contributed by atoms with E-state index in [2.05, 4.69) is 10.3 Å². The number of pyridine rings is 1. The molecule has 0 spiro atoms. The highest BCUT2D eigenvalue weighted by molar-refractivity contribution is 6.31. The summed E-state index contributed by atoms with van der Waals surface area (Å²) in [5, 5.41) is 12.6. The molecule has 0 unspecified atom stereocenters. The monoisotopic (exact) mass is 385 g/mol. The van der Waals surface area contributed by atoms with E-state index >= 15 is 0 Å². The number of nitrogens with one attached hydrogen (secondary N) is 2. The van der Waals surface area contributed by atoms with Gasteiger partial charge in [-0.3, -0.25) is 9.59 Å². The first-order chi connectivity index (χ1) is 12.9. The normalized spacial score (nSPS) is 11.9. The largest absolute Gasteiger partial charge is 0.477 e. The summed E-state index contributed by atoms with van der Waals surface area (Å²) in [4.78, 5) is 38.0. The second-order valence-electron chi connectivity index (χ2n) is 5.95. The van der Waals surface area contributed by atoms with E-state index in [1.165, 1.54) is 6.07 Å². The third-order valence-electron chi connectivity index (χ3n) is 4.12. The van der Waals surface area contributed by atoms with Gasteiger partial charge in [0.15, 0.2) is 0 Å². The van der Waals surface area contributed by atoms with Crippen molar-refractivity contribution in [3.05, 3.63) is 80.6 Å². The molecule has 1 heterocycles. The van der Waals surface area contributed by atoms with Crippen molar-refractivity contribution in [1.82, 2.24) is 10.3 Å². The van der Waals surface area contributed by atoms with Crippen LogP contribution in [0.15, 0.2) is 53.3 Å². The average molecular weight is 386 g/mol. The lowest BCUT2D eigenvalue weighted by atomic mass is 10.1. The number of carboxylic acid groups (broad SMARTS) is 1. The molecule has 0 aliphatic rings. The van der Waals surface area contributed by atoms with Gasteiger partial charge in [0, 0.05) is 17.0 Å². The molecule has 0 aliphatic carbocycles. The summed E-state index contributed by atoms with van der Waals surface area (Å²) in [6, 6.07) is 12.5. The lowest BCUT2D eigenvalue weighted by molar-refractivity contribution is -0.122. The van der Waals surface area contributed by atoms with Gasteiger partial charge in [-0.15, -0.1) is 0 Å². The van der Waals surface area contributed by atoms with Gasteiger partial charge in [0.25, 0.3) is 5.56 Å². The van der Waals surface area contributed by atoms with Crippen LogP contribution in [0.3, 0.4) is 0 Å². The average Bonchev–Trinajstić information content (AvgIpc) is 2.65. The summed E-state index contributed by atoms with van der Waals surface area (Å²) in [5.41, 5.74) is 6.47. The van der Waals surface area contributed by atoms with Crippen LogP contribution in [0.4, 0.5) is 0 Å². The van der Waals surface area contributed by atoms with E-state index in [9.17, 15) is 14.4 Å². The summed E-state index contributed by atoms with van der Waals surface area (Å²) in [5.74, 6) is -1.72. The second kappa shape index (κ2) is 7.61. The lowest BCUT2D eigenvalue weighted by Gasteiger charge is -2.14. The molecule has 1 atom stereocenters. The molecular formula is C19H16ClN3O4. The smallest absolute Gasteiger partial charge is 0.341 e. The zero-order valence-corrected chi connectivity index (χ0v) is 14.8. The van der Waals surface area contributed by atoms with Gasteiger partial charge in [0.2, 0.25) is 5.91 Å². The number of fused-ring (bicyclic) bond motifs is 1. The first-order valence-electron chi connectivity index (χ1n) is 8.04. The van der Waals surface area contributed by atoms with Gasteiger partial charge in [-0.05, 0) is 29.3 Å². The van der Waals surface area contributed by atoms with E-state index in [4.69, 9.17) is 22.4 Å². The Bertz CT molecular complexity index is 1080. The number of nitrogens with two attached hydrogens (primary N) is 1. The van der Waals surface area contributed by atoms with Crippen LogP contribution in [0.5, 0.6) is 0 Å². The summed E-state index contributed by atoms with van der Waals surface area (Å²) in [7, 11) is 0. The zero-order chi connectivity index (χ0) is 19.6. The van der Waals surface area contributed by atoms with Crippen molar-refractivity contribution in [3.8, 4) is 0 Å². The standard InChI is InChI=1S/C19H16ClN3O4/c20-13-6-11-8-14(19(26)27)17(24)23-16(11)12(7-13)9-22-18(25)15(21)10-4-2-1-3-5-10/h1-8,15H,9,21H2,(H,22,25)(H,23,24)(H,26,27)/t15-/m1/s1. The highest BCUT2D eigenvalue weighted by Crippen LogP contribution is 2.22. The number of H-pyrrole nitrogens is 1. The number of halogens is 1. The number of carboxylic acids is 1. The molecule has 27 heavy (non-hydrogen) atoms. The molecule has 1 aromatic heterocycles. The maximum Gasteiger partial charge on any atom is 0.341 e. The van der Waals surface area contributed by atoms with Crippen molar-refractivity contribution >= 4 is 34.4 Å². The van der Waals surface area contributed by atoms with Crippen LogP contribution in [0.1, 0.15) is 27.5 Å². The van der Waals surface area contributed by atoms with Gasteiger partial charge in [0.1, 0.15) is 11.6 Å². The maximum absolute atomic E-state index is 12.3. The van der Waals surface area contributed by atoms with Crippen molar-refractivity contribution in [2.75, 3.05) is 0 Å². The Labute approximate surface area is 158 Å². The van der Waals surface area contributed by atoms with E-state index in [0.717, 1.165) is 0 Å². The Morgan fingerprint density at radius 2 is 1.89 bits per heavy atom. The van der Waals surface area contributed by atoms with Crippen LogP contribution in [-0.4, -0.2) is 22.0 Å². The third kappa shape index (κ3) is 3.99. The number of amides is 1. The Hall–Kier alpha value is -3.16. The summed E-state index contributed by atoms with van der Waals surface area (Å²) in [6.07, 6.45) is 0. The predicted octanol–water partition coefficient (Wildman–Crippen LogP) is 2.20. The minimum atomic E-state index is -1.33. The summed E-state index contributed by atoms with van der Waals surface area (Å²) in [6.45, 7) is 0.0682. The number of carbonyl (C=O) groups excluding carboxylic acids is 1. The van der Waals surface area contributed by atoms with Gasteiger partial charge in [0.05, 0.1) is 5.52 Å². The highest BCUT2D eigenvalue weighted by atomic mass is 35.5. The van der Waals surface area contributed by atoms with Crippen molar-refractivity contribution < 1.29 is 14.7 Å². The van der Waals surface area contributed by atoms with Gasteiger partial charge in [-0.2, -0.15) is 0 Å². The molecule has 0 radical (unpaired) electrons. The summed E-state index contributed by atoms with van der Waals surface area (Å²) < 4.78 is 0. The molecule has 138 valence electrons. The zero-order valence-electron chi connectivity index (χ0n) is 14.0. The number of hydrogen-bond acceptors (Lipinski definition) is 4. The number of rotatable bonds is 5. The van der Waals surface area contributed by atoms with E-state index in [0.29, 0.717) is 27.1 Å². The second-order valence-corrected chi connectivity index (χ2v) is 6.39. The van der Waals surface area contributed by atoms with Crippen LogP contribution in [0, 0.1) is 0 Å². The van der Waals surface area contributed by atoms with E-state index in [1.807, 2.05) is 6.07 Å². The van der Waals surface area contributed by atoms with Gasteiger partial charge < -0.3 is 21.1 Å². The van der Waals surface area contributed by atoms with E-state index in [-0.39, 0.29) is 18.0 Å². The molecule has 0 bridgehead atoms. The van der Waals surface area contributed by atoms with Gasteiger partial charge in [-0.1, -0.05) is 41.9 Å². The maximum atomic E-state index is 12.3. The predicted molar refractivity (Wildman–Crippen MR) is 102 cm³/mol. The topological polar surface area (TPSA) is 125 Å². The number of aromatic carboxylic acids is 1. The Kier molecular flexibility index (Phi) is 5.25. The number of aromatic nitrogens is 1. The molecule has 1 amide bonds. The van der Waals surface area contributed by atoms with Crippen LogP contribution in [0.2, 0.25) is 5.02 Å². The SMILES string of the molecule is N[C@@H](C(=O)NCc1cc(Cl)cc2cc(C(=O)O)c(=O)[nH]c12)c1ccccc1. The number of aromatic amines is 1. The fraction of sp³-hybridized carbons (Fsp3) is 0.105. The van der Waals surface area contributed by atoms with Crippen molar-refractivity contribution in [3.63, 3.8) is 0 Å². The number of hydrogen-bond donors (Lipinski definition) is 4. The first kappa shape index (κ1) is 18.6. The number of carbonyl (C=O) groups is 2. The fourth-order valence-corrected chi connectivity index (χ4v) is 3.01. The van der Waals surface area contributed by atoms with Gasteiger partial charge >= 0.3 is 5.97 Å². The molecule has 0 saturated heterocycles. The Morgan fingerprint density at radius 3 is 2.56 bits per heavy atom. The third-order valence-corrected chi connectivity index (χ3v) is 4.34. The van der Waals surface area contributed by atoms with Crippen molar-refractivity contribution in [2.24, 2.45) is 5.73 Å². The van der Waals surface area contributed by atoms with Gasteiger partial charge in [-0.25, -0.2) is 4.79 Å².